The first-order valence-electron chi connectivity index (χ1n) is 9.26. The third kappa shape index (κ3) is 5.03. The Balaban J connectivity index is 1.63. The molecule has 0 bridgehead atoms. The number of ether oxygens (including phenoxy) is 1. The fraction of sp³-hybridized carbons (Fsp3) is 0.333. The number of hydrogen-bond donors (Lipinski definition) is 1. The molecule has 0 aromatic heterocycles. The summed E-state index contributed by atoms with van der Waals surface area (Å²) in [7, 11) is 1.63. The Hall–Kier alpha value is -2.57. The lowest BCUT2D eigenvalue weighted by molar-refractivity contribution is -0.122. The smallest absolute Gasteiger partial charge is 0.257 e. The Bertz CT molecular complexity index is 835. The van der Waals surface area contributed by atoms with Crippen LogP contribution in [0.3, 0.4) is 0 Å². The van der Waals surface area contributed by atoms with E-state index in [0.717, 1.165) is 5.56 Å². The predicted octanol–water partition coefficient (Wildman–Crippen LogP) is 2.42. The molecular weight excluding hydrogens is 378 g/mol. The number of para-hydroxylation sites is 1. The van der Waals surface area contributed by atoms with Crippen LogP contribution in [0.2, 0.25) is 5.02 Å². The van der Waals surface area contributed by atoms with Crippen molar-refractivity contribution in [2.75, 3.05) is 39.8 Å². The quantitative estimate of drug-likeness (QED) is 0.807. The molecule has 0 spiro atoms. The van der Waals surface area contributed by atoms with Crippen molar-refractivity contribution in [2.24, 2.45) is 0 Å². The number of benzene rings is 2. The molecule has 2 aromatic rings. The molecule has 1 saturated heterocycles. The van der Waals surface area contributed by atoms with Crippen LogP contribution in [0.5, 0.6) is 5.75 Å². The summed E-state index contributed by atoms with van der Waals surface area (Å²) < 4.78 is 5.91. The van der Waals surface area contributed by atoms with Gasteiger partial charge in [-0.15, -0.1) is 0 Å². The van der Waals surface area contributed by atoms with Crippen molar-refractivity contribution in [3.8, 4) is 5.75 Å². The maximum Gasteiger partial charge on any atom is 0.257 e. The number of carbonyl (C=O) groups is 2. The number of rotatable bonds is 6. The molecule has 1 fully saturated rings. The van der Waals surface area contributed by atoms with Crippen molar-refractivity contribution in [1.29, 1.82) is 0 Å². The van der Waals surface area contributed by atoms with Gasteiger partial charge in [-0.05, 0) is 18.2 Å². The van der Waals surface area contributed by atoms with E-state index in [9.17, 15) is 9.59 Å². The van der Waals surface area contributed by atoms with Crippen molar-refractivity contribution in [3.63, 3.8) is 0 Å². The highest BCUT2D eigenvalue weighted by Crippen LogP contribution is 2.23. The minimum atomic E-state index is -0.0608. The largest absolute Gasteiger partial charge is 0.488 e. The van der Waals surface area contributed by atoms with Crippen LogP contribution in [0.15, 0.2) is 48.5 Å². The van der Waals surface area contributed by atoms with Gasteiger partial charge in [0.1, 0.15) is 12.4 Å². The van der Waals surface area contributed by atoms with E-state index in [1.807, 2.05) is 41.3 Å². The number of likely N-dealkylation sites (N-methyl/N-ethyl adjacent to an activating group) is 1. The normalized spacial score (nSPS) is 14.6. The highest BCUT2D eigenvalue weighted by Gasteiger charge is 2.25. The van der Waals surface area contributed by atoms with Crippen molar-refractivity contribution >= 4 is 23.4 Å². The molecule has 1 aliphatic heterocycles. The first kappa shape index (κ1) is 20.2. The van der Waals surface area contributed by atoms with Gasteiger partial charge in [-0.1, -0.05) is 41.9 Å². The second-order valence-corrected chi connectivity index (χ2v) is 7.02. The van der Waals surface area contributed by atoms with Gasteiger partial charge in [0.15, 0.2) is 0 Å². The molecule has 2 aromatic carbocycles. The average molecular weight is 402 g/mol. The standard InChI is InChI=1S/C21H24ClN3O3/c1-23-20(26)14-24-10-12-25(13-11-24)21(27)17-7-3-5-9-19(17)28-15-16-6-2-4-8-18(16)22/h2-9H,10-15H2,1H3,(H,23,26). The molecule has 0 saturated carbocycles. The van der Waals surface area contributed by atoms with E-state index in [-0.39, 0.29) is 11.8 Å². The van der Waals surface area contributed by atoms with Gasteiger partial charge in [0.2, 0.25) is 5.91 Å². The number of nitrogens with one attached hydrogen (secondary N) is 1. The lowest BCUT2D eigenvalue weighted by Crippen LogP contribution is -2.50. The average Bonchev–Trinajstić information content (AvgIpc) is 2.73. The summed E-state index contributed by atoms with van der Waals surface area (Å²) in [5, 5.41) is 3.26. The molecule has 0 unspecified atom stereocenters. The summed E-state index contributed by atoms with van der Waals surface area (Å²) in [5.41, 5.74) is 1.41. The minimum absolute atomic E-state index is 0.0157. The Labute approximate surface area is 170 Å². The fourth-order valence-corrected chi connectivity index (χ4v) is 3.29. The lowest BCUT2D eigenvalue weighted by Gasteiger charge is -2.34. The molecule has 7 heteroatoms. The van der Waals surface area contributed by atoms with Crippen molar-refractivity contribution in [1.82, 2.24) is 15.1 Å². The maximum atomic E-state index is 13.0. The van der Waals surface area contributed by atoms with Gasteiger partial charge in [0, 0.05) is 43.8 Å². The number of amides is 2. The predicted molar refractivity (Wildman–Crippen MR) is 109 cm³/mol. The lowest BCUT2D eigenvalue weighted by atomic mass is 10.1. The second-order valence-electron chi connectivity index (χ2n) is 6.62. The van der Waals surface area contributed by atoms with Gasteiger partial charge < -0.3 is 15.0 Å². The van der Waals surface area contributed by atoms with Crippen molar-refractivity contribution in [2.45, 2.75) is 6.61 Å². The van der Waals surface area contributed by atoms with Crippen LogP contribution in [0.4, 0.5) is 0 Å². The number of carbonyl (C=O) groups excluding carboxylic acids is 2. The van der Waals surface area contributed by atoms with Crippen LogP contribution < -0.4 is 10.1 Å². The first-order chi connectivity index (χ1) is 13.6. The van der Waals surface area contributed by atoms with Gasteiger partial charge in [-0.2, -0.15) is 0 Å². The number of halogens is 1. The summed E-state index contributed by atoms with van der Waals surface area (Å²) in [6, 6.07) is 14.7. The Morgan fingerprint density at radius 1 is 1.04 bits per heavy atom. The first-order valence-corrected chi connectivity index (χ1v) is 9.63. The molecule has 1 aliphatic rings. The highest BCUT2D eigenvalue weighted by atomic mass is 35.5. The summed E-state index contributed by atoms with van der Waals surface area (Å²) >= 11 is 6.19. The molecule has 0 aliphatic carbocycles. The van der Waals surface area contributed by atoms with Crippen LogP contribution >= 0.6 is 11.6 Å². The van der Waals surface area contributed by atoms with E-state index >= 15 is 0 Å². The molecule has 2 amide bonds. The van der Waals surface area contributed by atoms with E-state index in [0.29, 0.717) is 55.7 Å². The Morgan fingerprint density at radius 3 is 2.43 bits per heavy atom. The number of hydrogen-bond acceptors (Lipinski definition) is 4. The molecule has 148 valence electrons. The van der Waals surface area contributed by atoms with Crippen molar-refractivity contribution < 1.29 is 14.3 Å². The van der Waals surface area contributed by atoms with E-state index in [1.54, 1.807) is 24.1 Å². The van der Waals surface area contributed by atoms with Gasteiger partial charge in [-0.3, -0.25) is 14.5 Å². The third-order valence-electron chi connectivity index (χ3n) is 4.76. The molecule has 0 atom stereocenters. The molecule has 0 radical (unpaired) electrons. The van der Waals surface area contributed by atoms with Crippen LogP contribution in [0.1, 0.15) is 15.9 Å². The molecular formula is C21H24ClN3O3. The SMILES string of the molecule is CNC(=O)CN1CCN(C(=O)c2ccccc2OCc2ccccc2Cl)CC1. The van der Waals surface area contributed by atoms with Gasteiger partial charge in [0.25, 0.3) is 5.91 Å². The Morgan fingerprint density at radius 2 is 1.71 bits per heavy atom. The van der Waals surface area contributed by atoms with Crippen LogP contribution in [0, 0.1) is 0 Å². The van der Waals surface area contributed by atoms with E-state index < -0.39 is 0 Å². The van der Waals surface area contributed by atoms with E-state index in [1.165, 1.54) is 0 Å². The van der Waals surface area contributed by atoms with Crippen molar-refractivity contribution in [3.05, 3.63) is 64.7 Å². The summed E-state index contributed by atoms with van der Waals surface area (Å²) in [5.74, 6) is 0.465. The highest BCUT2D eigenvalue weighted by molar-refractivity contribution is 6.31. The zero-order valence-corrected chi connectivity index (χ0v) is 16.6. The molecule has 28 heavy (non-hydrogen) atoms. The van der Waals surface area contributed by atoms with Crippen LogP contribution in [0.25, 0.3) is 0 Å². The second kappa shape index (κ2) is 9.57. The summed E-state index contributed by atoms with van der Waals surface area (Å²) in [6.07, 6.45) is 0. The van der Waals surface area contributed by atoms with Gasteiger partial charge in [-0.25, -0.2) is 0 Å². The Kier molecular flexibility index (Phi) is 6.90. The molecule has 6 nitrogen and oxygen atoms in total. The number of nitrogens with zero attached hydrogens (tertiary/aromatic N) is 2. The molecule has 1 heterocycles. The van der Waals surface area contributed by atoms with E-state index in [4.69, 9.17) is 16.3 Å². The maximum absolute atomic E-state index is 13.0. The molecule has 1 N–H and O–H groups in total. The van der Waals surface area contributed by atoms with Crippen LogP contribution in [-0.4, -0.2) is 61.4 Å². The topological polar surface area (TPSA) is 61.9 Å². The third-order valence-corrected chi connectivity index (χ3v) is 5.13. The minimum Gasteiger partial charge on any atom is -0.488 e. The van der Waals surface area contributed by atoms with Gasteiger partial charge in [0.05, 0.1) is 12.1 Å². The zero-order valence-electron chi connectivity index (χ0n) is 15.9. The monoisotopic (exact) mass is 401 g/mol. The number of piperazine rings is 1. The van der Waals surface area contributed by atoms with Crippen LogP contribution in [-0.2, 0) is 11.4 Å². The summed E-state index contributed by atoms with van der Waals surface area (Å²) in [4.78, 5) is 28.4. The zero-order chi connectivity index (χ0) is 19.9. The summed E-state index contributed by atoms with van der Waals surface area (Å²) in [6.45, 7) is 3.15. The van der Waals surface area contributed by atoms with E-state index in [2.05, 4.69) is 5.32 Å². The van der Waals surface area contributed by atoms with Gasteiger partial charge >= 0.3 is 0 Å². The molecule has 3 rings (SSSR count). The fourth-order valence-electron chi connectivity index (χ4n) is 3.10.